The Morgan fingerprint density at radius 2 is 2.11 bits per heavy atom. The highest BCUT2D eigenvalue weighted by Crippen LogP contribution is 2.29. The second-order valence-electron chi connectivity index (χ2n) is 3.99. The van der Waals surface area contributed by atoms with Gasteiger partial charge >= 0.3 is 8.25 Å². The van der Waals surface area contributed by atoms with Crippen LogP contribution in [0.5, 0.6) is 5.75 Å². The zero-order valence-electron chi connectivity index (χ0n) is 10.9. The van der Waals surface area contributed by atoms with E-state index in [1.807, 2.05) is 49.0 Å². The molecule has 0 aliphatic carbocycles. The number of hydrogen-bond donors (Lipinski definition) is 0. The summed E-state index contributed by atoms with van der Waals surface area (Å²) in [6.07, 6.45) is 2.77. The Morgan fingerprint density at radius 1 is 1.32 bits per heavy atom. The minimum atomic E-state index is -2.09. The lowest BCUT2D eigenvalue weighted by Crippen LogP contribution is -3.00. The molecule has 0 saturated carbocycles. The van der Waals surface area contributed by atoms with Crippen LogP contribution in [-0.4, -0.2) is 6.61 Å². The lowest BCUT2D eigenvalue weighted by molar-refractivity contribution is -0.644. The van der Waals surface area contributed by atoms with Gasteiger partial charge in [0.2, 0.25) is 5.52 Å². The Morgan fingerprint density at radius 3 is 2.84 bits per heavy atom. The van der Waals surface area contributed by atoms with Crippen molar-refractivity contribution in [2.24, 2.45) is 7.05 Å². The van der Waals surface area contributed by atoms with Crippen molar-refractivity contribution in [1.82, 2.24) is 0 Å². The zero-order valence-corrected chi connectivity index (χ0v) is 13.9. The molecule has 4 nitrogen and oxygen atoms in total. The Hall–Kier alpha value is -0.780. The highest BCUT2D eigenvalue weighted by atomic mass is 127. The summed E-state index contributed by atoms with van der Waals surface area (Å²) >= 11 is 0. The van der Waals surface area contributed by atoms with Crippen LogP contribution in [0, 0.1) is 0 Å². The Labute approximate surface area is 130 Å². The fourth-order valence-corrected chi connectivity index (χ4v) is 2.33. The zero-order chi connectivity index (χ0) is 13.0. The fourth-order valence-electron chi connectivity index (χ4n) is 1.66. The van der Waals surface area contributed by atoms with Crippen LogP contribution in [0.3, 0.4) is 0 Å². The number of nitrogens with zero attached hydrogens (tertiary/aromatic N) is 1. The van der Waals surface area contributed by atoms with Crippen LogP contribution in [0.4, 0.5) is 0 Å². The molecule has 1 atom stereocenters. The summed E-state index contributed by atoms with van der Waals surface area (Å²) in [5.41, 5.74) is 1.02. The molecule has 2 aromatic rings. The first-order valence-corrected chi connectivity index (χ1v) is 6.97. The Bertz CT molecular complexity index is 577. The van der Waals surface area contributed by atoms with Crippen molar-refractivity contribution < 1.29 is 42.2 Å². The van der Waals surface area contributed by atoms with Gasteiger partial charge in [0.25, 0.3) is 0 Å². The molecule has 19 heavy (non-hydrogen) atoms. The first-order valence-electron chi connectivity index (χ1n) is 5.87. The number of aromatic nitrogens is 1. The number of hydrogen-bond acceptors (Lipinski definition) is 3. The summed E-state index contributed by atoms with van der Waals surface area (Å²) in [5, 5.41) is 1.11. The minimum Gasteiger partial charge on any atom is -1.00 e. The maximum absolute atomic E-state index is 11.5. The van der Waals surface area contributed by atoms with Gasteiger partial charge in [-0.15, -0.1) is 4.52 Å². The number of halogens is 1. The van der Waals surface area contributed by atoms with Crippen LogP contribution in [0.15, 0.2) is 36.5 Å². The molecule has 1 unspecified atom stereocenters. The van der Waals surface area contributed by atoms with Gasteiger partial charge in [-0.3, -0.25) is 0 Å². The van der Waals surface area contributed by atoms with E-state index < -0.39 is 8.25 Å². The third kappa shape index (κ3) is 4.37. The van der Waals surface area contributed by atoms with E-state index >= 15 is 0 Å². The van der Waals surface area contributed by atoms with Crippen molar-refractivity contribution in [3.63, 3.8) is 0 Å². The van der Waals surface area contributed by atoms with Gasteiger partial charge in [-0.2, -0.15) is 0 Å². The number of pyridine rings is 1. The van der Waals surface area contributed by atoms with Crippen molar-refractivity contribution in [3.05, 3.63) is 36.5 Å². The van der Waals surface area contributed by atoms with Gasteiger partial charge in [-0.25, -0.2) is 9.09 Å². The number of rotatable bonds is 5. The van der Waals surface area contributed by atoms with Crippen molar-refractivity contribution >= 4 is 19.2 Å². The largest absolute Gasteiger partial charge is 1.00 e. The van der Waals surface area contributed by atoms with Gasteiger partial charge in [-0.1, -0.05) is 6.92 Å². The number of fused-ring (bicyclic) bond motifs is 1. The molecule has 1 aromatic carbocycles. The summed E-state index contributed by atoms with van der Waals surface area (Å²) < 4.78 is 23.7. The van der Waals surface area contributed by atoms with Gasteiger partial charge in [0.1, 0.15) is 13.7 Å². The molecule has 6 heteroatoms. The molecule has 0 bridgehead atoms. The number of benzene rings is 1. The highest BCUT2D eigenvalue weighted by Gasteiger charge is 2.22. The molecule has 0 aliphatic heterocycles. The molecule has 2 rings (SSSR count). The molecule has 0 amide bonds. The van der Waals surface area contributed by atoms with E-state index in [0.29, 0.717) is 12.4 Å². The quantitative estimate of drug-likeness (QED) is 0.413. The van der Waals surface area contributed by atoms with Gasteiger partial charge in [0.15, 0.2) is 11.9 Å². The Kier molecular flexibility index (Phi) is 6.62. The predicted molar refractivity (Wildman–Crippen MR) is 69.6 cm³/mol. The van der Waals surface area contributed by atoms with E-state index in [-0.39, 0.29) is 24.0 Å². The molecule has 0 radical (unpaired) electrons. The van der Waals surface area contributed by atoms with Crippen molar-refractivity contribution in [2.45, 2.75) is 13.3 Å². The Balaban J connectivity index is 0.00000180. The van der Waals surface area contributed by atoms with Crippen molar-refractivity contribution in [2.75, 3.05) is 6.61 Å². The van der Waals surface area contributed by atoms with E-state index in [1.54, 1.807) is 6.07 Å². The first-order chi connectivity index (χ1) is 8.70. The smallest absolute Gasteiger partial charge is 0.750 e. The highest BCUT2D eigenvalue weighted by molar-refractivity contribution is 7.33. The standard InChI is InChI=1S/C13H16NO3P.HI/c1-3-9-16-18(15)17-12-7-6-11-5-4-8-14(2)13(11)10-12;/h4-8,10H,3,9H2,1-2H3;1H/q+2;/p-1. The molecule has 0 fully saturated rings. The molecule has 1 aromatic heterocycles. The normalized spacial score (nSPS) is 10.9. The third-order valence-corrected chi connectivity index (χ3v) is 3.30. The van der Waals surface area contributed by atoms with E-state index in [4.69, 9.17) is 9.05 Å². The van der Waals surface area contributed by atoms with Crippen LogP contribution in [0.2, 0.25) is 0 Å². The van der Waals surface area contributed by atoms with Crippen LogP contribution in [-0.2, 0) is 16.1 Å². The maximum Gasteiger partial charge on any atom is 0.750 e. The first kappa shape index (κ1) is 16.3. The molecule has 102 valence electrons. The van der Waals surface area contributed by atoms with Crippen molar-refractivity contribution in [1.29, 1.82) is 0 Å². The number of aryl methyl sites for hydroxylation is 1. The maximum atomic E-state index is 11.5. The van der Waals surface area contributed by atoms with Gasteiger partial charge < -0.3 is 24.0 Å². The van der Waals surface area contributed by atoms with E-state index in [2.05, 4.69) is 0 Å². The van der Waals surface area contributed by atoms with Gasteiger partial charge in [-0.05, 0) is 24.6 Å². The van der Waals surface area contributed by atoms with Crippen LogP contribution in [0.25, 0.3) is 10.9 Å². The summed E-state index contributed by atoms with van der Waals surface area (Å²) in [6.45, 7) is 2.40. The lowest BCUT2D eigenvalue weighted by atomic mass is 10.2. The van der Waals surface area contributed by atoms with Crippen molar-refractivity contribution in [3.8, 4) is 5.75 Å². The molecular formula is C13H16INO3P+. The van der Waals surface area contributed by atoms with Gasteiger partial charge in [0.05, 0.1) is 6.07 Å². The fraction of sp³-hybridized carbons (Fsp3) is 0.308. The summed E-state index contributed by atoms with van der Waals surface area (Å²) in [6, 6.07) is 9.59. The van der Waals surface area contributed by atoms with Crippen LogP contribution >= 0.6 is 8.25 Å². The molecule has 0 aliphatic rings. The average Bonchev–Trinajstić information content (AvgIpc) is 2.37. The predicted octanol–water partition coefficient (Wildman–Crippen LogP) is 0.131. The minimum absolute atomic E-state index is 0. The van der Waals surface area contributed by atoms with Gasteiger partial charge in [0, 0.05) is 16.0 Å². The lowest BCUT2D eigenvalue weighted by Gasteiger charge is -1.97. The summed E-state index contributed by atoms with van der Waals surface area (Å²) in [5.74, 6) is 0.557. The second kappa shape index (κ2) is 7.72. The second-order valence-corrected chi connectivity index (χ2v) is 4.88. The molecular weight excluding hydrogens is 376 g/mol. The summed E-state index contributed by atoms with van der Waals surface area (Å²) in [4.78, 5) is 0. The molecule has 0 saturated heterocycles. The average molecular weight is 392 g/mol. The van der Waals surface area contributed by atoms with E-state index in [9.17, 15) is 4.57 Å². The monoisotopic (exact) mass is 392 g/mol. The van der Waals surface area contributed by atoms with E-state index in [0.717, 1.165) is 17.3 Å². The molecule has 0 spiro atoms. The topological polar surface area (TPSA) is 39.4 Å². The molecule has 1 heterocycles. The van der Waals surface area contributed by atoms with Crippen LogP contribution < -0.4 is 33.1 Å². The van der Waals surface area contributed by atoms with Crippen LogP contribution in [0.1, 0.15) is 13.3 Å². The summed E-state index contributed by atoms with van der Waals surface area (Å²) in [7, 11) is -0.129. The van der Waals surface area contributed by atoms with E-state index in [1.165, 1.54) is 0 Å². The molecule has 0 N–H and O–H groups in total. The SMILES string of the molecule is CCCO[P+](=O)Oc1ccc2ccc[n+](C)c2c1.[I-]. The third-order valence-electron chi connectivity index (χ3n) is 2.55.